The van der Waals surface area contributed by atoms with Crippen LogP contribution in [0.15, 0.2) is 24.3 Å². The Balaban J connectivity index is 1.79. The van der Waals surface area contributed by atoms with Gasteiger partial charge in [-0.15, -0.1) is 0 Å². The van der Waals surface area contributed by atoms with Gasteiger partial charge in [-0.1, -0.05) is 12.1 Å². The number of rotatable bonds is 4. The van der Waals surface area contributed by atoms with Gasteiger partial charge in [0, 0.05) is 19.6 Å². The monoisotopic (exact) mass is 292 g/mol. The van der Waals surface area contributed by atoms with Crippen LogP contribution >= 0.6 is 0 Å². The van der Waals surface area contributed by atoms with Crippen molar-refractivity contribution in [3.63, 3.8) is 0 Å². The molecule has 6 nitrogen and oxygen atoms in total. The predicted octanol–water partition coefficient (Wildman–Crippen LogP) is 1.36. The van der Waals surface area contributed by atoms with Crippen LogP contribution in [-0.2, 0) is 11.2 Å². The number of aromatic carboxylic acids is 1. The summed E-state index contributed by atoms with van der Waals surface area (Å²) in [5, 5.41) is 11.8. The van der Waals surface area contributed by atoms with Crippen molar-refractivity contribution in [1.82, 2.24) is 10.2 Å². The quantitative estimate of drug-likeness (QED) is 0.878. The molecule has 0 bridgehead atoms. The van der Waals surface area contributed by atoms with E-state index in [4.69, 9.17) is 9.84 Å². The van der Waals surface area contributed by atoms with Crippen LogP contribution in [0, 0.1) is 0 Å². The second kappa shape index (κ2) is 7.08. The van der Waals surface area contributed by atoms with Crippen LogP contribution in [0.1, 0.15) is 22.8 Å². The first-order chi connectivity index (χ1) is 10.1. The third-order valence-corrected chi connectivity index (χ3v) is 3.39. The third-order valence-electron chi connectivity index (χ3n) is 3.39. The number of ether oxygens (including phenoxy) is 1. The van der Waals surface area contributed by atoms with Crippen molar-refractivity contribution >= 4 is 12.0 Å². The minimum Gasteiger partial charge on any atom is -0.478 e. The lowest BCUT2D eigenvalue weighted by molar-refractivity contribution is -0.00342. The number of urea groups is 1. The predicted molar refractivity (Wildman–Crippen MR) is 77.5 cm³/mol. The fourth-order valence-electron chi connectivity index (χ4n) is 2.29. The zero-order valence-corrected chi connectivity index (χ0v) is 12.0. The molecule has 1 aromatic rings. The SMILES string of the molecule is CC1CN(C(=O)NCCc2cccc(C(=O)O)c2)CCO1. The molecular formula is C15H20N2O4. The van der Waals surface area contributed by atoms with Crippen molar-refractivity contribution in [1.29, 1.82) is 0 Å². The summed E-state index contributed by atoms with van der Waals surface area (Å²) in [6, 6.07) is 6.66. The van der Waals surface area contributed by atoms with Crippen LogP contribution in [0.3, 0.4) is 0 Å². The zero-order valence-electron chi connectivity index (χ0n) is 12.0. The van der Waals surface area contributed by atoms with Crippen molar-refractivity contribution in [2.75, 3.05) is 26.2 Å². The van der Waals surface area contributed by atoms with E-state index in [1.54, 1.807) is 23.1 Å². The molecule has 0 radical (unpaired) electrons. The van der Waals surface area contributed by atoms with Gasteiger partial charge in [0.1, 0.15) is 0 Å². The standard InChI is InChI=1S/C15H20N2O4/c1-11-10-17(7-8-21-11)15(20)16-6-5-12-3-2-4-13(9-12)14(18)19/h2-4,9,11H,5-8,10H2,1H3,(H,16,20)(H,18,19). The van der Waals surface area contributed by atoms with Gasteiger partial charge in [0.05, 0.1) is 18.3 Å². The van der Waals surface area contributed by atoms with Gasteiger partial charge in [-0.25, -0.2) is 9.59 Å². The Kier molecular flexibility index (Phi) is 5.16. The minimum absolute atomic E-state index is 0.0664. The van der Waals surface area contributed by atoms with E-state index in [-0.39, 0.29) is 17.7 Å². The normalized spacial score (nSPS) is 18.3. The summed E-state index contributed by atoms with van der Waals surface area (Å²) in [6.07, 6.45) is 0.670. The van der Waals surface area contributed by atoms with Gasteiger partial charge in [-0.05, 0) is 31.0 Å². The van der Waals surface area contributed by atoms with E-state index in [9.17, 15) is 9.59 Å². The highest BCUT2D eigenvalue weighted by atomic mass is 16.5. The van der Waals surface area contributed by atoms with Crippen LogP contribution in [0.4, 0.5) is 4.79 Å². The molecule has 0 spiro atoms. The first-order valence-electron chi connectivity index (χ1n) is 7.03. The summed E-state index contributed by atoms with van der Waals surface area (Å²) in [7, 11) is 0. The molecule has 1 aromatic carbocycles. The number of carboxylic acids is 1. The highest BCUT2D eigenvalue weighted by molar-refractivity contribution is 5.87. The van der Waals surface area contributed by atoms with Gasteiger partial charge in [-0.3, -0.25) is 0 Å². The fourth-order valence-corrected chi connectivity index (χ4v) is 2.29. The largest absolute Gasteiger partial charge is 0.478 e. The molecule has 6 heteroatoms. The molecule has 0 aliphatic carbocycles. The van der Waals surface area contributed by atoms with Crippen molar-refractivity contribution in [3.8, 4) is 0 Å². The van der Waals surface area contributed by atoms with E-state index in [0.717, 1.165) is 5.56 Å². The Morgan fingerprint density at radius 2 is 2.29 bits per heavy atom. The number of morpholine rings is 1. The molecule has 1 saturated heterocycles. The van der Waals surface area contributed by atoms with Crippen molar-refractivity contribution in [3.05, 3.63) is 35.4 Å². The average molecular weight is 292 g/mol. The molecular weight excluding hydrogens is 272 g/mol. The molecule has 1 aliphatic rings. The molecule has 0 aromatic heterocycles. The molecule has 2 amide bonds. The number of hydrogen-bond acceptors (Lipinski definition) is 3. The molecule has 2 N–H and O–H groups in total. The summed E-state index contributed by atoms with van der Waals surface area (Å²) in [6.45, 7) is 4.19. The maximum atomic E-state index is 12.0. The molecule has 1 fully saturated rings. The van der Waals surface area contributed by atoms with Crippen molar-refractivity contribution in [2.45, 2.75) is 19.4 Å². The van der Waals surface area contributed by atoms with E-state index in [1.165, 1.54) is 0 Å². The average Bonchev–Trinajstić information content (AvgIpc) is 2.47. The van der Waals surface area contributed by atoms with Crippen LogP contribution in [0.5, 0.6) is 0 Å². The smallest absolute Gasteiger partial charge is 0.335 e. The maximum absolute atomic E-state index is 12.0. The number of nitrogens with zero attached hydrogens (tertiary/aromatic N) is 1. The lowest BCUT2D eigenvalue weighted by Crippen LogP contribution is -2.49. The van der Waals surface area contributed by atoms with Crippen molar-refractivity contribution in [2.24, 2.45) is 0 Å². The number of carbonyl (C=O) groups excluding carboxylic acids is 1. The van der Waals surface area contributed by atoms with Gasteiger partial charge in [0.15, 0.2) is 0 Å². The van der Waals surface area contributed by atoms with Crippen LogP contribution in [0.2, 0.25) is 0 Å². The maximum Gasteiger partial charge on any atom is 0.335 e. The second-order valence-corrected chi connectivity index (χ2v) is 5.11. The summed E-state index contributed by atoms with van der Waals surface area (Å²) in [5.74, 6) is -0.941. The number of hydrogen-bond donors (Lipinski definition) is 2. The first kappa shape index (κ1) is 15.3. The summed E-state index contributed by atoms with van der Waals surface area (Å²) < 4.78 is 5.39. The Morgan fingerprint density at radius 3 is 3.00 bits per heavy atom. The highest BCUT2D eigenvalue weighted by Crippen LogP contribution is 2.07. The van der Waals surface area contributed by atoms with Gasteiger partial charge in [-0.2, -0.15) is 0 Å². The molecule has 21 heavy (non-hydrogen) atoms. The van der Waals surface area contributed by atoms with Gasteiger partial charge in [0.25, 0.3) is 0 Å². The molecule has 1 aliphatic heterocycles. The molecule has 0 saturated carbocycles. The number of nitrogens with one attached hydrogen (secondary N) is 1. The Bertz CT molecular complexity index is 518. The van der Waals surface area contributed by atoms with Gasteiger partial charge in [0.2, 0.25) is 0 Å². The fraction of sp³-hybridized carbons (Fsp3) is 0.467. The topological polar surface area (TPSA) is 78.9 Å². The number of amides is 2. The van der Waals surface area contributed by atoms with Crippen LogP contribution in [0.25, 0.3) is 0 Å². The van der Waals surface area contributed by atoms with E-state index < -0.39 is 5.97 Å². The summed E-state index contributed by atoms with van der Waals surface area (Å²) in [5.41, 5.74) is 1.16. The molecule has 1 unspecified atom stereocenters. The second-order valence-electron chi connectivity index (χ2n) is 5.11. The Labute approximate surface area is 123 Å². The third kappa shape index (κ3) is 4.46. The summed E-state index contributed by atoms with van der Waals surface area (Å²) >= 11 is 0. The van der Waals surface area contributed by atoms with Crippen LogP contribution in [-0.4, -0.2) is 54.4 Å². The zero-order chi connectivity index (χ0) is 15.2. The Morgan fingerprint density at radius 1 is 1.48 bits per heavy atom. The Hall–Kier alpha value is -2.08. The van der Waals surface area contributed by atoms with E-state index in [0.29, 0.717) is 32.7 Å². The van der Waals surface area contributed by atoms with Gasteiger partial charge >= 0.3 is 12.0 Å². The molecule has 1 atom stereocenters. The lowest BCUT2D eigenvalue weighted by Gasteiger charge is -2.31. The number of carboxylic acid groups (broad SMARTS) is 1. The minimum atomic E-state index is -0.941. The van der Waals surface area contributed by atoms with E-state index in [2.05, 4.69) is 5.32 Å². The van der Waals surface area contributed by atoms with E-state index >= 15 is 0 Å². The van der Waals surface area contributed by atoms with Crippen molar-refractivity contribution < 1.29 is 19.4 Å². The summed E-state index contributed by atoms with van der Waals surface area (Å²) in [4.78, 5) is 24.6. The molecule has 114 valence electrons. The first-order valence-corrected chi connectivity index (χ1v) is 7.03. The van der Waals surface area contributed by atoms with Gasteiger partial charge < -0.3 is 20.1 Å². The number of carbonyl (C=O) groups is 2. The van der Waals surface area contributed by atoms with Crippen LogP contribution < -0.4 is 5.32 Å². The van der Waals surface area contributed by atoms with E-state index in [1.807, 2.05) is 13.0 Å². The molecule has 2 rings (SSSR count). The number of benzene rings is 1. The highest BCUT2D eigenvalue weighted by Gasteiger charge is 2.20. The molecule has 1 heterocycles. The lowest BCUT2D eigenvalue weighted by atomic mass is 10.1.